The number of rotatable bonds is 5. The van der Waals surface area contributed by atoms with E-state index in [0.29, 0.717) is 5.76 Å². The molecule has 0 aliphatic heterocycles. The lowest BCUT2D eigenvalue weighted by Gasteiger charge is -2.28. The van der Waals surface area contributed by atoms with Gasteiger partial charge in [0.25, 0.3) is 0 Å². The van der Waals surface area contributed by atoms with Gasteiger partial charge in [-0.15, -0.1) is 0 Å². The largest absolute Gasteiger partial charge is 0.465 e. The van der Waals surface area contributed by atoms with Crippen molar-refractivity contribution in [3.8, 4) is 22.3 Å². The summed E-state index contributed by atoms with van der Waals surface area (Å²) in [6, 6.07) is 44.4. The third kappa shape index (κ3) is 4.96. The van der Waals surface area contributed by atoms with Crippen LogP contribution in [0.2, 0.25) is 0 Å². The molecule has 1 N–H and O–H groups in total. The fourth-order valence-electron chi connectivity index (χ4n) is 6.69. The van der Waals surface area contributed by atoms with Gasteiger partial charge < -0.3 is 14.4 Å². The zero-order chi connectivity index (χ0) is 32.3. The molecule has 1 heterocycles. The Morgan fingerprint density at radius 3 is 1.65 bits per heavy atom. The van der Waals surface area contributed by atoms with Crippen LogP contribution in [0.15, 0.2) is 138 Å². The van der Waals surface area contributed by atoms with Crippen molar-refractivity contribution in [3.05, 3.63) is 162 Å². The zero-order valence-corrected chi connectivity index (χ0v) is 27.5. The standard InChI is InChI=1S/C43H41NO2/c1-41(2,3)30-20-24-38-37(27-30)36-23-19-31(42(4,5)6)28-39(36)43(38,45)40-35(25-26-46-40)29-17-21-34(22-18-29)44(32-13-9-7-10-14-32)33-15-11-8-12-16-33/h7-28,45H,1-6H3. The van der Waals surface area contributed by atoms with E-state index in [1.807, 2.05) is 18.2 Å². The second-order valence-electron chi connectivity index (χ2n) is 14.4. The first-order valence-corrected chi connectivity index (χ1v) is 16.1. The number of furan rings is 1. The minimum absolute atomic E-state index is 0.0216. The molecule has 1 atom stereocenters. The summed E-state index contributed by atoms with van der Waals surface area (Å²) in [5.41, 5.74) is 9.78. The Balaban J connectivity index is 1.36. The average molecular weight is 604 g/mol. The first kappa shape index (κ1) is 29.8. The van der Waals surface area contributed by atoms with Gasteiger partial charge in [0.2, 0.25) is 0 Å². The van der Waals surface area contributed by atoms with Gasteiger partial charge in [0.05, 0.1) is 6.26 Å². The van der Waals surface area contributed by atoms with Gasteiger partial charge in [-0.25, -0.2) is 0 Å². The first-order chi connectivity index (χ1) is 22.0. The number of aliphatic hydroxyl groups is 1. The molecule has 0 saturated heterocycles. The maximum Gasteiger partial charge on any atom is 0.174 e. The molecule has 230 valence electrons. The first-order valence-electron chi connectivity index (χ1n) is 16.1. The highest BCUT2D eigenvalue weighted by Gasteiger charge is 2.47. The van der Waals surface area contributed by atoms with Gasteiger partial charge in [-0.2, -0.15) is 0 Å². The molecule has 0 radical (unpaired) electrons. The molecule has 6 aromatic rings. The molecule has 0 spiro atoms. The summed E-state index contributed by atoms with van der Waals surface area (Å²) in [6.45, 7) is 13.3. The topological polar surface area (TPSA) is 36.6 Å². The van der Waals surface area contributed by atoms with Crippen molar-refractivity contribution in [2.45, 2.75) is 58.0 Å². The fraction of sp³-hybridized carbons (Fsp3) is 0.209. The summed E-state index contributed by atoms with van der Waals surface area (Å²) in [4.78, 5) is 2.25. The van der Waals surface area contributed by atoms with Crippen LogP contribution in [0, 0.1) is 0 Å². The number of hydrogen-bond donors (Lipinski definition) is 1. The van der Waals surface area contributed by atoms with E-state index in [2.05, 4.69) is 156 Å². The Kier molecular flexibility index (Phi) is 7.06. The van der Waals surface area contributed by atoms with Gasteiger partial charge in [-0.3, -0.25) is 0 Å². The summed E-state index contributed by atoms with van der Waals surface area (Å²) < 4.78 is 6.30. The lowest BCUT2D eigenvalue weighted by Crippen LogP contribution is -2.27. The van der Waals surface area contributed by atoms with Crippen molar-refractivity contribution in [2.75, 3.05) is 4.90 Å². The van der Waals surface area contributed by atoms with Crippen LogP contribution in [0.4, 0.5) is 17.1 Å². The van der Waals surface area contributed by atoms with E-state index in [1.165, 1.54) is 11.1 Å². The van der Waals surface area contributed by atoms with Crippen LogP contribution in [0.5, 0.6) is 0 Å². The molecule has 1 aliphatic rings. The molecule has 1 aromatic heterocycles. The van der Waals surface area contributed by atoms with E-state index in [4.69, 9.17) is 4.42 Å². The maximum absolute atomic E-state index is 13.0. The van der Waals surface area contributed by atoms with Gasteiger partial charge in [0, 0.05) is 33.8 Å². The third-order valence-corrected chi connectivity index (χ3v) is 9.30. The lowest BCUT2D eigenvalue weighted by atomic mass is 9.80. The second kappa shape index (κ2) is 10.9. The molecule has 0 amide bonds. The summed E-state index contributed by atoms with van der Waals surface area (Å²) >= 11 is 0. The quantitative estimate of drug-likeness (QED) is 0.213. The average Bonchev–Trinajstić information content (AvgIpc) is 3.64. The number of hydrogen-bond acceptors (Lipinski definition) is 3. The van der Waals surface area contributed by atoms with E-state index < -0.39 is 5.60 Å². The predicted molar refractivity (Wildman–Crippen MR) is 190 cm³/mol. The molecular formula is C43H41NO2. The van der Waals surface area contributed by atoms with Crippen LogP contribution in [0.25, 0.3) is 22.3 Å². The molecule has 46 heavy (non-hydrogen) atoms. The van der Waals surface area contributed by atoms with Crippen molar-refractivity contribution in [1.82, 2.24) is 0 Å². The van der Waals surface area contributed by atoms with Crippen LogP contribution in [-0.4, -0.2) is 5.11 Å². The minimum atomic E-state index is -1.44. The van der Waals surface area contributed by atoms with E-state index >= 15 is 0 Å². The monoisotopic (exact) mass is 603 g/mol. The van der Waals surface area contributed by atoms with E-state index in [-0.39, 0.29) is 10.8 Å². The van der Waals surface area contributed by atoms with Gasteiger partial charge in [0.15, 0.2) is 11.4 Å². The van der Waals surface area contributed by atoms with Crippen molar-refractivity contribution >= 4 is 17.1 Å². The summed E-state index contributed by atoms with van der Waals surface area (Å²) in [5.74, 6) is 0.540. The van der Waals surface area contributed by atoms with Gasteiger partial charge in [0.1, 0.15) is 0 Å². The van der Waals surface area contributed by atoms with E-state index in [1.54, 1.807) is 6.26 Å². The normalized spacial score (nSPS) is 15.8. The summed E-state index contributed by atoms with van der Waals surface area (Å²) in [6.07, 6.45) is 1.70. The van der Waals surface area contributed by atoms with Crippen molar-refractivity contribution < 1.29 is 9.52 Å². The van der Waals surface area contributed by atoms with Crippen LogP contribution in [-0.2, 0) is 16.4 Å². The number of para-hydroxylation sites is 2. The number of nitrogens with zero attached hydrogens (tertiary/aromatic N) is 1. The zero-order valence-electron chi connectivity index (χ0n) is 27.5. The van der Waals surface area contributed by atoms with Crippen LogP contribution in [0.3, 0.4) is 0 Å². The van der Waals surface area contributed by atoms with Crippen LogP contribution < -0.4 is 4.90 Å². The smallest absolute Gasteiger partial charge is 0.174 e. The van der Waals surface area contributed by atoms with Crippen molar-refractivity contribution in [3.63, 3.8) is 0 Å². The Bertz CT molecular complexity index is 1970. The molecule has 3 heteroatoms. The molecule has 0 saturated carbocycles. The lowest BCUT2D eigenvalue weighted by molar-refractivity contribution is 0.104. The van der Waals surface area contributed by atoms with Crippen molar-refractivity contribution in [1.29, 1.82) is 0 Å². The molecule has 0 bridgehead atoms. The van der Waals surface area contributed by atoms with Gasteiger partial charge >= 0.3 is 0 Å². The predicted octanol–water partition coefficient (Wildman–Crippen LogP) is 11.3. The molecule has 7 rings (SSSR count). The highest BCUT2D eigenvalue weighted by atomic mass is 16.4. The third-order valence-electron chi connectivity index (χ3n) is 9.30. The molecule has 5 aromatic carbocycles. The summed E-state index contributed by atoms with van der Waals surface area (Å²) in [5, 5.41) is 13.0. The van der Waals surface area contributed by atoms with Crippen LogP contribution >= 0.6 is 0 Å². The Hall–Kier alpha value is -4.86. The van der Waals surface area contributed by atoms with E-state index in [9.17, 15) is 5.11 Å². The molecule has 0 fully saturated rings. The van der Waals surface area contributed by atoms with E-state index in [0.717, 1.165) is 50.4 Å². The highest BCUT2D eigenvalue weighted by molar-refractivity contribution is 5.85. The molecular weight excluding hydrogens is 562 g/mol. The Morgan fingerprint density at radius 1 is 0.522 bits per heavy atom. The molecule has 1 aliphatic carbocycles. The number of benzene rings is 5. The van der Waals surface area contributed by atoms with Crippen molar-refractivity contribution in [2.24, 2.45) is 0 Å². The molecule has 3 nitrogen and oxygen atoms in total. The Morgan fingerprint density at radius 2 is 1.07 bits per heavy atom. The minimum Gasteiger partial charge on any atom is -0.465 e. The van der Waals surface area contributed by atoms with Gasteiger partial charge in [-0.05, 0) is 81.1 Å². The van der Waals surface area contributed by atoms with Gasteiger partial charge in [-0.1, -0.05) is 126 Å². The maximum atomic E-state index is 13.0. The fourth-order valence-corrected chi connectivity index (χ4v) is 6.69. The van der Waals surface area contributed by atoms with Crippen LogP contribution in [0.1, 0.15) is 69.6 Å². The number of anilines is 3. The summed E-state index contributed by atoms with van der Waals surface area (Å²) in [7, 11) is 0. The molecule has 1 unspecified atom stereocenters. The second-order valence-corrected chi connectivity index (χ2v) is 14.4. The SMILES string of the molecule is CC(C)(C)c1ccc2c(c1)-c1ccc(C(C)(C)C)cc1C2(O)c1occc1-c1ccc(N(c2ccccc2)c2ccccc2)cc1. The Labute approximate surface area is 272 Å². The number of fused-ring (bicyclic) bond motifs is 3. The highest BCUT2D eigenvalue weighted by Crippen LogP contribution is 2.54.